The Morgan fingerprint density at radius 2 is 2.25 bits per heavy atom. The van der Waals surface area contributed by atoms with Gasteiger partial charge in [-0.3, -0.25) is 0 Å². The topological polar surface area (TPSA) is 88.3 Å². The third kappa shape index (κ3) is 3.82. The van der Waals surface area contributed by atoms with Crippen molar-refractivity contribution in [1.29, 1.82) is 0 Å². The zero-order valence-electron chi connectivity index (χ0n) is 14.3. The summed E-state index contributed by atoms with van der Waals surface area (Å²) in [5.74, 6) is 2.08. The molecule has 8 nitrogen and oxygen atoms in total. The van der Waals surface area contributed by atoms with Crippen LogP contribution < -0.4 is 10.2 Å². The van der Waals surface area contributed by atoms with Gasteiger partial charge in [0.1, 0.15) is 11.6 Å². The SMILES string of the molecule is Cc1ccn(-c2nc(NC(C)C)cc(N3CCOC(CO)C3)n2)n1. The summed E-state index contributed by atoms with van der Waals surface area (Å²) in [6, 6.07) is 4.11. The van der Waals surface area contributed by atoms with Crippen molar-refractivity contribution in [2.24, 2.45) is 0 Å². The first kappa shape index (κ1) is 16.7. The van der Waals surface area contributed by atoms with Crippen molar-refractivity contribution in [3.63, 3.8) is 0 Å². The lowest BCUT2D eigenvalue weighted by atomic mass is 10.3. The molecule has 1 fully saturated rings. The van der Waals surface area contributed by atoms with Gasteiger partial charge in [-0.15, -0.1) is 0 Å². The average Bonchev–Trinajstić information content (AvgIpc) is 3.00. The fourth-order valence-electron chi connectivity index (χ4n) is 2.62. The molecule has 130 valence electrons. The highest BCUT2D eigenvalue weighted by molar-refractivity contribution is 5.52. The van der Waals surface area contributed by atoms with E-state index in [2.05, 4.69) is 39.1 Å². The summed E-state index contributed by atoms with van der Waals surface area (Å²) >= 11 is 0. The molecule has 0 amide bonds. The van der Waals surface area contributed by atoms with E-state index in [0.29, 0.717) is 19.1 Å². The van der Waals surface area contributed by atoms with Crippen LogP contribution in [-0.4, -0.2) is 63.3 Å². The molecular formula is C16H24N6O2. The zero-order chi connectivity index (χ0) is 17.1. The maximum Gasteiger partial charge on any atom is 0.254 e. The molecule has 3 heterocycles. The van der Waals surface area contributed by atoms with Crippen LogP contribution in [0.15, 0.2) is 18.3 Å². The molecule has 2 aromatic rings. The molecule has 0 bridgehead atoms. The molecule has 2 N–H and O–H groups in total. The lowest BCUT2D eigenvalue weighted by Crippen LogP contribution is -2.44. The molecule has 0 aromatic carbocycles. The maximum absolute atomic E-state index is 9.35. The van der Waals surface area contributed by atoms with Crippen LogP contribution in [-0.2, 0) is 4.74 Å². The summed E-state index contributed by atoms with van der Waals surface area (Å²) in [5.41, 5.74) is 0.911. The van der Waals surface area contributed by atoms with Gasteiger partial charge in [0, 0.05) is 31.4 Å². The normalized spacial score (nSPS) is 18.2. The van der Waals surface area contributed by atoms with E-state index in [4.69, 9.17) is 4.74 Å². The van der Waals surface area contributed by atoms with E-state index in [0.717, 1.165) is 23.9 Å². The molecule has 0 radical (unpaired) electrons. The van der Waals surface area contributed by atoms with Crippen molar-refractivity contribution in [3.8, 4) is 5.95 Å². The number of aliphatic hydroxyl groups excluding tert-OH is 1. The Labute approximate surface area is 141 Å². The van der Waals surface area contributed by atoms with Crippen LogP contribution in [0, 0.1) is 6.92 Å². The molecule has 0 saturated carbocycles. The second-order valence-electron chi connectivity index (χ2n) is 6.23. The number of hydrogen-bond donors (Lipinski definition) is 2. The van der Waals surface area contributed by atoms with Crippen LogP contribution in [0.2, 0.25) is 0 Å². The van der Waals surface area contributed by atoms with Gasteiger partial charge in [0.25, 0.3) is 5.95 Å². The highest BCUT2D eigenvalue weighted by Crippen LogP contribution is 2.21. The van der Waals surface area contributed by atoms with Crippen molar-refractivity contribution in [2.45, 2.75) is 32.9 Å². The summed E-state index contributed by atoms with van der Waals surface area (Å²) in [7, 11) is 0. The number of ether oxygens (including phenoxy) is 1. The van der Waals surface area contributed by atoms with E-state index in [-0.39, 0.29) is 18.8 Å². The first-order valence-electron chi connectivity index (χ1n) is 8.21. The Kier molecular flexibility index (Phi) is 4.96. The Morgan fingerprint density at radius 3 is 2.92 bits per heavy atom. The molecule has 8 heteroatoms. The monoisotopic (exact) mass is 332 g/mol. The second kappa shape index (κ2) is 7.14. The standard InChI is InChI=1S/C16H24N6O2/c1-11(2)17-14-8-15(21-6-7-24-13(9-21)10-23)19-16(18-14)22-5-4-12(3)20-22/h4-5,8,11,13,23H,6-7,9-10H2,1-3H3,(H,17,18,19). The van der Waals surface area contributed by atoms with Gasteiger partial charge in [-0.05, 0) is 26.8 Å². The van der Waals surface area contributed by atoms with Crippen LogP contribution in [0.4, 0.5) is 11.6 Å². The molecule has 2 aromatic heterocycles. The number of hydrogen-bond acceptors (Lipinski definition) is 7. The van der Waals surface area contributed by atoms with Crippen LogP contribution in [0.25, 0.3) is 5.95 Å². The van der Waals surface area contributed by atoms with Gasteiger partial charge in [0.2, 0.25) is 0 Å². The van der Waals surface area contributed by atoms with Crippen LogP contribution in [0.3, 0.4) is 0 Å². The summed E-state index contributed by atoms with van der Waals surface area (Å²) in [4.78, 5) is 11.3. The molecule has 1 aliphatic heterocycles. The average molecular weight is 332 g/mol. The molecule has 1 aliphatic rings. The number of aryl methyl sites for hydroxylation is 1. The molecule has 1 unspecified atom stereocenters. The summed E-state index contributed by atoms with van der Waals surface area (Å²) in [5, 5.41) is 17.1. The first-order valence-corrected chi connectivity index (χ1v) is 8.21. The van der Waals surface area contributed by atoms with Gasteiger partial charge >= 0.3 is 0 Å². The third-order valence-corrected chi connectivity index (χ3v) is 3.73. The van der Waals surface area contributed by atoms with Gasteiger partial charge in [-0.2, -0.15) is 15.1 Å². The number of aromatic nitrogens is 4. The summed E-state index contributed by atoms with van der Waals surface area (Å²) < 4.78 is 7.20. The molecule has 0 aliphatic carbocycles. The van der Waals surface area contributed by atoms with E-state index in [1.165, 1.54) is 0 Å². The van der Waals surface area contributed by atoms with Crippen LogP contribution in [0.5, 0.6) is 0 Å². The van der Waals surface area contributed by atoms with E-state index < -0.39 is 0 Å². The molecule has 24 heavy (non-hydrogen) atoms. The smallest absolute Gasteiger partial charge is 0.254 e. The number of rotatable bonds is 5. The maximum atomic E-state index is 9.35. The van der Waals surface area contributed by atoms with E-state index in [9.17, 15) is 5.11 Å². The molecule has 1 saturated heterocycles. The largest absolute Gasteiger partial charge is 0.394 e. The highest BCUT2D eigenvalue weighted by atomic mass is 16.5. The Balaban J connectivity index is 1.95. The van der Waals surface area contributed by atoms with Gasteiger partial charge < -0.3 is 20.1 Å². The number of morpholine rings is 1. The number of aliphatic hydroxyl groups is 1. The Morgan fingerprint density at radius 1 is 1.42 bits per heavy atom. The van der Waals surface area contributed by atoms with Gasteiger partial charge in [0.05, 0.1) is 25.0 Å². The first-order chi connectivity index (χ1) is 11.5. The lowest BCUT2D eigenvalue weighted by molar-refractivity contribution is 0.00336. The fourth-order valence-corrected chi connectivity index (χ4v) is 2.62. The number of anilines is 2. The number of nitrogens with one attached hydrogen (secondary N) is 1. The van der Waals surface area contributed by atoms with Crippen molar-refractivity contribution in [1.82, 2.24) is 19.7 Å². The quantitative estimate of drug-likeness (QED) is 0.844. The summed E-state index contributed by atoms with van der Waals surface area (Å²) in [6.45, 7) is 7.97. The van der Waals surface area contributed by atoms with Gasteiger partial charge in [-0.25, -0.2) is 4.68 Å². The zero-order valence-corrected chi connectivity index (χ0v) is 14.3. The predicted octanol–water partition coefficient (Wildman–Crippen LogP) is 0.989. The van der Waals surface area contributed by atoms with E-state index in [1.807, 2.05) is 25.3 Å². The third-order valence-electron chi connectivity index (χ3n) is 3.73. The van der Waals surface area contributed by atoms with Crippen molar-refractivity contribution < 1.29 is 9.84 Å². The molecule has 3 rings (SSSR count). The van der Waals surface area contributed by atoms with E-state index >= 15 is 0 Å². The molecular weight excluding hydrogens is 308 g/mol. The minimum atomic E-state index is -0.189. The van der Waals surface area contributed by atoms with Crippen molar-refractivity contribution in [3.05, 3.63) is 24.0 Å². The highest BCUT2D eigenvalue weighted by Gasteiger charge is 2.22. The van der Waals surface area contributed by atoms with Gasteiger partial charge in [0.15, 0.2) is 0 Å². The minimum absolute atomic E-state index is 0.00386. The van der Waals surface area contributed by atoms with Crippen molar-refractivity contribution >= 4 is 11.6 Å². The number of nitrogens with zero attached hydrogens (tertiary/aromatic N) is 5. The Bertz CT molecular complexity index is 687. The minimum Gasteiger partial charge on any atom is -0.394 e. The summed E-state index contributed by atoms with van der Waals surface area (Å²) in [6.07, 6.45) is 1.66. The van der Waals surface area contributed by atoms with E-state index in [1.54, 1.807) is 4.68 Å². The lowest BCUT2D eigenvalue weighted by Gasteiger charge is -2.33. The Hall–Kier alpha value is -2.19. The fraction of sp³-hybridized carbons (Fsp3) is 0.562. The predicted molar refractivity (Wildman–Crippen MR) is 91.7 cm³/mol. The van der Waals surface area contributed by atoms with Gasteiger partial charge in [-0.1, -0.05) is 0 Å². The molecule has 0 spiro atoms. The van der Waals surface area contributed by atoms with Crippen LogP contribution >= 0.6 is 0 Å². The van der Waals surface area contributed by atoms with Crippen LogP contribution in [0.1, 0.15) is 19.5 Å². The molecule has 1 atom stereocenters. The second-order valence-corrected chi connectivity index (χ2v) is 6.23. The van der Waals surface area contributed by atoms with Crippen molar-refractivity contribution in [2.75, 3.05) is 36.5 Å².